The predicted octanol–water partition coefficient (Wildman–Crippen LogP) is 2.95. The number of hydrogen-bond donors (Lipinski definition) is 2. The van der Waals surface area contributed by atoms with Crippen molar-refractivity contribution in [1.29, 1.82) is 0 Å². The molecule has 0 spiro atoms. The average molecular weight is 373 g/mol. The first-order valence-corrected chi connectivity index (χ1v) is 9.70. The van der Waals surface area contributed by atoms with Gasteiger partial charge in [-0.25, -0.2) is 13.1 Å². The first-order valence-electron chi connectivity index (χ1n) is 6.96. The summed E-state index contributed by atoms with van der Waals surface area (Å²) in [4.78, 5) is 11.9. The van der Waals surface area contributed by atoms with Gasteiger partial charge in [0.15, 0.2) is 0 Å². The molecule has 1 heterocycles. The van der Waals surface area contributed by atoms with Gasteiger partial charge in [0.1, 0.15) is 4.21 Å². The number of carbonyl (C=O) groups excluding carboxylic acids is 1. The molecule has 2 N–H and O–H groups in total. The molecular formula is C15H17ClN2O3S2. The van der Waals surface area contributed by atoms with E-state index in [1.165, 1.54) is 6.07 Å². The summed E-state index contributed by atoms with van der Waals surface area (Å²) in [6.45, 7) is 1.90. The average Bonchev–Trinajstić information content (AvgIpc) is 3.02. The van der Waals surface area contributed by atoms with Crippen LogP contribution in [0.2, 0.25) is 5.02 Å². The highest BCUT2D eigenvalue weighted by molar-refractivity contribution is 7.91. The van der Waals surface area contributed by atoms with Crippen LogP contribution in [0, 0.1) is 0 Å². The lowest BCUT2D eigenvalue weighted by molar-refractivity contribution is -0.121. The second-order valence-electron chi connectivity index (χ2n) is 4.92. The van der Waals surface area contributed by atoms with Gasteiger partial charge in [0.05, 0.1) is 6.04 Å². The minimum absolute atomic E-state index is 0.0499. The van der Waals surface area contributed by atoms with Crippen molar-refractivity contribution in [3.8, 4) is 0 Å². The molecule has 2 aromatic rings. The maximum Gasteiger partial charge on any atom is 0.250 e. The Bertz CT molecular complexity index is 761. The highest BCUT2D eigenvalue weighted by Gasteiger charge is 2.15. The highest BCUT2D eigenvalue weighted by Crippen LogP contribution is 2.17. The zero-order valence-corrected chi connectivity index (χ0v) is 14.8. The van der Waals surface area contributed by atoms with E-state index in [0.717, 1.165) is 16.9 Å². The molecule has 0 unspecified atom stereocenters. The minimum atomic E-state index is -3.53. The van der Waals surface area contributed by atoms with Crippen LogP contribution in [0.1, 0.15) is 24.9 Å². The van der Waals surface area contributed by atoms with Crippen molar-refractivity contribution >= 4 is 38.9 Å². The number of halogens is 1. The summed E-state index contributed by atoms with van der Waals surface area (Å²) in [6.07, 6.45) is 0.0650. The molecule has 8 heteroatoms. The minimum Gasteiger partial charge on any atom is -0.350 e. The van der Waals surface area contributed by atoms with Gasteiger partial charge in [-0.15, -0.1) is 11.3 Å². The van der Waals surface area contributed by atoms with E-state index in [2.05, 4.69) is 10.0 Å². The fourth-order valence-corrected chi connectivity index (χ4v) is 4.23. The quantitative estimate of drug-likeness (QED) is 0.784. The van der Waals surface area contributed by atoms with Gasteiger partial charge in [0.2, 0.25) is 15.9 Å². The number of carbonyl (C=O) groups is 1. The van der Waals surface area contributed by atoms with Gasteiger partial charge in [0, 0.05) is 18.0 Å². The third-order valence-electron chi connectivity index (χ3n) is 3.13. The normalized spacial score (nSPS) is 12.8. The largest absolute Gasteiger partial charge is 0.350 e. The first kappa shape index (κ1) is 17.9. The third-order valence-corrected chi connectivity index (χ3v) is 6.22. The summed E-state index contributed by atoms with van der Waals surface area (Å²) >= 11 is 7.05. The Kier molecular flexibility index (Phi) is 6.17. The number of nitrogens with one attached hydrogen (secondary N) is 2. The summed E-state index contributed by atoms with van der Waals surface area (Å²) < 4.78 is 26.5. The van der Waals surface area contributed by atoms with Crippen LogP contribution in [-0.4, -0.2) is 20.9 Å². The lowest BCUT2D eigenvalue weighted by Crippen LogP contribution is -2.31. The van der Waals surface area contributed by atoms with Gasteiger partial charge in [-0.3, -0.25) is 4.79 Å². The zero-order valence-electron chi connectivity index (χ0n) is 12.5. The summed E-state index contributed by atoms with van der Waals surface area (Å²) in [6, 6.07) is 10.2. The van der Waals surface area contributed by atoms with Gasteiger partial charge in [0.25, 0.3) is 0 Å². The second kappa shape index (κ2) is 7.92. The Balaban J connectivity index is 1.81. The monoisotopic (exact) mass is 372 g/mol. The topological polar surface area (TPSA) is 75.3 Å². The predicted molar refractivity (Wildman–Crippen MR) is 92.1 cm³/mol. The van der Waals surface area contributed by atoms with Crippen LogP contribution >= 0.6 is 22.9 Å². The van der Waals surface area contributed by atoms with Crippen LogP contribution in [0.4, 0.5) is 0 Å². The van der Waals surface area contributed by atoms with Crippen molar-refractivity contribution in [2.24, 2.45) is 0 Å². The number of amides is 1. The second-order valence-corrected chi connectivity index (χ2v) is 8.30. The lowest BCUT2D eigenvalue weighted by atomic mass is 10.1. The van der Waals surface area contributed by atoms with E-state index >= 15 is 0 Å². The number of rotatable bonds is 7. The number of hydrogen-bond acceptors (Lipinski definition) is 4. The number of sulfonamides is 1. The first-order chi connectivity index (χ1) is 10.9. The summed E-state index contributed by atoms with van der Waals surface area (Å²) in [5.74, 6) is -0.230. The Morgan fingerprint density at radius 2 is 2.09 bits per heavy atom. The van der Waals surface area contributed by atoms with Crippen LogP contribution in [0.5, 0.6) is 0 Å². The molecule has 0 bridgehead atoms. The van der Waals surface area contributed by atoms with E-state index in [4.69, 9.17) is 11.6 Å². The molecule has 0 saturated heterocycles. The third kappa shape index (κ3) is 5.31. The van der Waals surface area contributed by atoms with Crippen LogP contribution < -0.4 is 10.0 Å². The van der Waals surface area contributed by atoms with E-state index < -0.39 is 10.0 Å². The van der Waals surface area contributed by atoms with Crippen LogP contribution in [0.15, 0.2) is 46.0 Å². The smallest absolute Gasteiger partial charge is 0.250 e. The maximum absolute atomic E-state index is 11.9. The molecule has 0 radical (unpaired) electrons. The summed E-state index contributed by atoms with van der Waals surface area (Å²) in [5, 5.41) is 5.11. The Morgan fingerprint density at radius 3 is 2.74 bits per heavy atom. The van der Waals surface area contributed by atoms with Gasteiger partial charge in [-0.1, -0.05) is 29.8 Å². The van der Waals surface area contributed by atoms with Gasteiger partial charge < -0.3 is 5.32 Å². The summed E-state index contributed by atoms with van der Waals surface area (Å²) in [7, 11) is -3.53. The molecule has 124 valence electrons. The van der Waals surface area contributed by atoms with Crippen molar-refractivity contribution in [2.45, 2.75) is 23.6 Å². The number of benzene rings is 1. The molecule has 2 rings (SSSR count). The SMILES string of the molecule is C[C@H](NC(=O)CCNS(=O)(=O)c1cccs1)c1cccc(Cl)c1. The molecule has 0 aliphatic heterocycles. The van der Waals surface area contributed by atoms with Crippen LogP contribution in [0.25, 0.3) is 0 Å². The molecule has 0 aliphatic rings. The van der Waals surface area contributed by atoms with E-state index in [0.29, 0.717) is 5.02 Å². The van der Waals surface area contributed by atoms with E-state index in [1.807, 2.05) is 19.1 Å². The summed E-state index contributed by atoms with van der Waals surface area (Å²) in [5.41, 5.74) is 0.894. The van der Waals surface area contributed by atoms with E-state index in [1.54, 1.807) is 23.6 Å². The van der Waals surface area contributed by atoms with Gasteiger partial charge >= 0.3 is 0 Å². The fraction of sp³-hybridized carbons (Fsp3) is 0.267. The molecule has 1 aromatic heterocycles. The number of thiophene rings is 1. The highest BCUT2D eigenvalue weighted by atomic mass is 35.5. The Hall–Kier alpha value is -1.41. The van der Waals surface area contributed by atoms with E-state index in [9.17, 15) is 13.2 Å². The van der Waals surface area contributed by atoms with E-state index in [-0.39, 0.29) is 29.1 Å². The molecule has 0 saturated carbocycles. The molecular weight excluding hydrogens is 356 g/mol. The molecule has 23 heavy (non-hydrogen) atoms. The van der Waals surface area contributed by atoms with Crippen molar-refractivity contribution in [1.82, 2.24) is 10.0 Å². The van der Waals surface area contributed by atoms with Crippen LogP contribution in [0.3, 0.4) is 0 Å². The molecule has 0 aliphatic carbocycles. The van der Waals surface area contributed by atoms with Crippen molar-refractivity contribution in [2.75, 3.05) is 6.54 Å². The molecule has 1 atom stereocenters. The molecule has 5 nitrogen and oxygen atoms in total. The van der Waals surface area contributed by atoms with Crippen molar-refractivity contribution in [3.05, 3.63) is 52.4 Å². The van der Waals surface area contributed by atoms with Crippen LogP contribution in [-0.2, 0) is 14.8 Å². The Labute approximate surface area is 144 Å². The standard InChI is InChI=1S/C15H17ClN2O3S2/c1-11(12-4-2-5-13(16)10-12)18-14(19)7-8-17-23(20,21)15-6-3-9-22-15/h2-6,9-11,17H,7-8H2,1H3,(H,18,19)/t11-/m0/s1. The maximum atomic E-state index is 11.9. The lowest BCUT2D eigenvalue weighted by Gasteiger charge is -2.14. The van der Waals surface area contributed by atoms with Crippen molar-refractivity contribution in [3.63, 3.8) is 0 Å². The molecule has 1 amide bonds. The Morgan fingerprint density at radius 1 is 1.30 bits per heavy atom. The fourth-order valence-electron chi connectivity index (χ4n) is 1.96. The van der Waals surface area contributed by atoms with Crippen molar-refractivity contribution < 1.29 is 13.2 Å². The zero-order chi connectivity index (χ0) is 16.9. The van der Waals surface area contributed by atoms with Gasteiger partial charge in [-0.2, -0.15) is 0 Å². The molecule has 0 fully saturated rings. The van der Waals surface area contributed by atoms with Gasteiger partial charge in [-0.05, 0) is 36.1 Å². The molecule has 1 aromatic carbocycles.